The van der Waals surface area contributed by atoms with Gasteiger partial charge in [-0.3, -0.25) is 4.79 Å². The average molecular weight is 303 g/mol. The fourth-order valence-corrected chi connectivity index (χ4v) is 2.05. The second-order valence-electron chi connectivity index (χ2n) is 4.35. The lowest BCUT2D eigenvalue weighted by Crippen LogP contribution is -2.14. The molecule has 22 heavy (non-hydrogen) atoms. The zero-order chi connectivity index (χ0) is 16.1. The van der Waals surface area contributed by atoms with Crippen molar-refractivity contribution in [2.45, 2.75) is 0 Å². The number of para-hydroxylation sites is 2. The number of methoxy groups -OCH3 is 3. The lowest BCUT2D eigenvalue weighted by Gasteiger charge is -2.15. The first-order chi connectivity index (χ1) is 10.6. The highest BCUT2D eigenvalue weighted by Crippen LogP contribution is 2.40. The largest absolute Gasteiger partial charge is 0.506 e. The molecular formula is C16H17NO5. The lowest BCUT2D eigenvalue weighted by atomic mass is 10.1. The highest BCUT2D eigenvalue weighted by Gasteiger charge is 2.21. The normalized spacial score (nSPS) is 9.95. The smallest absolute Gasteiger partial charge is 0.259 e. The van der Waals surface area contributed by atoms with E-state index in [-0.39, 0.29) is 17.1 Å². The Balaban J connectivity index is 2.40. The molecular weight excluding hydrogens is 286 g/mol. The number of ether oxygens (including phenoxy) is 3. The number of amides is 1. The first-order valence-corrected chi connectivity index (χ1v) is 6.50. The highest BCUT2D eigenvalue weighted by atomic mass is 16.5. The van der Waals surface area contributed by atoms with Crippen molar-refractivity contribution in [3.8, 4) is 23.0 Å². The molecule has 2 aromatic carbocycles. The van der Waals surface area contributed by atoms with Crippen LogP contribution in [-0.2, 0) is 0 Å². The van der Waals surface area contributed by atoms with E-state index in [4.69, 9.17) is 14.2 Å². The Bertz CT molecular complexity index is 684. The molecule has 0 aliphatic heterocycles. The van der Waals surface area contributed by atoms with E-state index in [1.165, 1.54) is 27.4 Å². The van der Waals surface area contributed by atoms with Gasteiger partial charge in [-0.2, -0.15) is 0 Å². The summed E-state index contributed by atoms with van der Waals surface area (Å²) in [5.41, 5.74) is 0.577. The summed E-state index contributed by atoms with van der Waals surface area (Å²) in [7, 11) is 4.40. The maximum absolute atomic E-state index is 12.4. The number of benzene rings is 2. The van der Waals surface area contributed by atoms with Gasteiger partial charge in [0.25, 0.3) is 5.91 Å². The van der Waals surface area contributed by atoms with Gasteiger partial charge in [0.15, 0.2) is 11.5 Å². The number of phenols is 1. The van der Waals surface area contributed by atoms with Crippen molar-refractivity contribution in [2.24, 2.45) is 0 Å². The lowest BCUT2D eigenvalue weighted by molar-refractivity contribution is 0.102. The first-order valence-electron chi connectivity index (χ1n) is 6.50. The molecule has 0 unspecified atom stereocenters. The van der Waals surface area contributed by atoms with E-state index in [9.17, 15) is 9.90 Å². The van der Waals surface area contributed by atoms with Crippen LogP contribution in [0.3, 0.4) is 0 Å². The standard InChI is InChI=1S/C16H17NO5/c1-20-13-9-8-10(14(21-2)15(13)22-3)16(19)17-11-6-4-5-7-12(11)18/h4-9,18H,1-3H3,(H,17,19). The molecule has 0 saturated heterocycles. The molecule has 6 nitrogen and oxygen atoms in total. The van der Waals surface area contributed by atoms with Gasteiger partial charge in [0.05, 0.1) is 32.6 Å². The van der Waals surface area contributed by atoms with Crippen LogP contribution < -0.4 is 19.5 Å². The Hall–Kier alpha value is -2.89. The molecule has 0 spiro atoms. The fourth-order valence-electron chi connectivity index (χ4n) is 2.05. The second-order valence-corrected chi connectivity index (χ2v) is 4.35. The third kappa shape index (κ3) is 2.90. The number of phenolic OH excluding ortho intramolecular Hbond substituents is 1. The monoisotopic (exact) mass is 303 g/mol. The Kier molecular flexibility index (Phi) is 4.73. The molecule has 0 fully saturated rings. The van der Waals surface area contributed by atoms with Gasteiger partial charge < -0.3 is 24.6 Å². The van der Waals surface area contributed by atoms with Crippen LogP contribution in [0.1, 0.15) is 10.4 Å². The van der Waals surface area contributed by atoms with E-state index in [1.54, 1.807) is 30.3 Å². The number of hydrogen-bond acceptors (Lipinski definition) is 5. The molecule has 1 amide bonds. The van der Waals surface area contributed by atoms with Crippen LogP contribution in [0.5, 0.6) is 23.0 Å². The molecule has 0 bridgehead atoms. The Morgan fingerprint density at radius 1 is 0.955 bits per heavy atom. The molecule has 0 radical (unpaired) electrons. The number of carbonyl (C=O) groups is 1. The maximum Gasteiger partial charge on any atom is 0.259 e. The first kappa shape index (κ1) is 15.5. The topological polar surface area (TPSA) is 77.0 Å². The molecule has 2 N–H and O–H groups in total. The van der Waals surface area contributed by atoms with E-state index in [2.05, 4.69) is 5.32 Å². The summed E-state index contributed by atoms with van der Waals surface area (Å²) in [6.45, 7) is 0. The number of aromatic hydroxyl groups is 1. The maximum atomic E-state index is 12.4. The van der Waals surface area contributed by atoms with Gasteiger partial charge in [-0.25, -0.2) is 0 Å². The predicted molar refractivity (Wildman–Crippen MR) is 82.2 cm³/mol. The summed E-state index contributed by atoms with van der Waals surface area (Å²) in [6, 6.07) is 9.64. The van der Waals surface area contributed by atoms with Crippen LogP contribution in [0.4, 0.5) is 5.69 Å². The van der Waals surface area contributed by atoms with E-state index in [1.807, 2.05) is 0 Å². The van der Waals surface area contributed by atoms with Crippen LogP contribution >= 0.6 is 0 Å². The minimum Gasteiger partial charge on any atom is -0.506 e. The van der Waals surface area contributed by atoms with Crippen LogP contribution in [0.15, 0.2) is 36.4 Å². The summed E-state index contributed by atoms with van der Waals surface area (Å²) >= 11 is 0. The third-order valence-electron chi connectivity index (χ3n) is 3.10. The van der Waals surface area contributed by atoms with Gasteiger partial charge in [-0.15, -0.1) is 0 Å². The number of hydrogen-bond donors (Lipinski definition) is 2. The van der Waals surface area contributed by atoms with Gasteiger partial charge in [-0.05, 0) is 24.3 Å². The summed E-state index contributed by atoms with van der Waals surface area (Å²) in [5.74, 6) is 0.595. The van der Waals surface area contributed by atoms with Crippen LogP contribution in [-0.4, -0.2) is 32.3 Å². The number of nitrogens with one attached hydrogen (secondary N) is 1. The Morgan fingerprint density at radius 3 is 2.23 bits per heavy atom. The minimum atomic E-state index is -0.431. The van der Waals surface area contributed by atoms with Crippen LogP contribution in [0.2, 0.25) is 0 Å². The van der Waals surface area contributed by atoms with E-state index >= 15 is 0 Å². The molecule has 0 aliphatic carbocycles. The molecule has 0 aromatic heterocycles. The van der Waals surface area contributed by atoms with Gasteiger partial charge in [0.2, 0.25) is 5.75 Å². The molecule has 0 atom stereocenters. The van der Waals surface area contributed by atoms with Crippen molar-refractivity contribution >= 4 is 11.6 Å². The molecule has 0 saturated carbocycles. The molecule has 2 aromatic rings. The van der Waals surface area contributed by atoms with E-state index in [0.29, 0.717) is 17.2 Å². The van der Waals surface area contributed by atoms with Gasteiger partial charge in [0, 0.05) is 0 Å². The fraction of sp³-hybridized carbons (Fsp3) is 0.188. The highest BCUT2D eigenvalue weighted by molar-refractivity contribution is 6.07. The summed E-state index contributed by atoms with van der Waals surface area (Å²) in [6.07, 6.45) is 0. The average Bonchev–Trinajstić information content (AvgIpc) is 2.55. The summed E-state index contributed by atoms with van der Waals surface area (Å²) in [4.78, 5) is 12.4. The van der Waals surface area contributed by atoms with E-state index < -0.39 is 5.91 Å². The zero-order valence-corrected chi connectivity index (χ0v) is 12.5. The van der Waals surface area contributed by atoms with Crippen molar-refractivity contribution in [1.82, 2.24) is 0 Å². The van der Waals surface area contributed by atoms with Crippen molar-refractivity contribution in [3.05, 3.63) is 42.0 Å². The van der Waals surface area contributed by atoms with Crippen LogP contribution in [0, 0.1) is 0 Å². The number of rotatable bonds is 5. The van der Waals surface area contributed by atoms with Gasteiger partial charge in [-0.1, -0.05) is 12.1 Å². The quantitative estimate of drug-likeness (QED) is 0.830. The number of carbonyl (C=O) groups excluding carboxylic acids is 1. The van der Waals surface area contributed by atoms with E-state index in [0.717, 1.165) is 0 Å². The predicted octanol–water partition coefficient (Wildman–Crippen LogP) is 2.67. The Labute approximate surface area is 128 Å². The van der Waals surface area contributed by atoms with Crippen molar-refractivity contribution in [2.75, 3.05) is 26.6 Å². The summed E-state index contributed by atoms with van der Waals surface area (Å²) in [5, 5.41) is 12.3. The summed E-state index contributed by atoms with van der Waals surface area (Å²) < 4.78 is 15.7. The van der Waals surface area contributed by atoms with Crippen molar-refractivity contribution < 1.29 is 24.1 Å². The second kappa shape index (κ2) is 6.71. The Morgan fingerprint density at radius 2 is 1.64 bits per heavy atom. The van der Waals surface area contributed by atoms with Gasteiger partial charge in [0.1, 0.15) is 5.75 Å². The molecule has 2 rings (SSSR count). The van der Waals surface area contributed by atoms with Crippen LogP contribution in [0.25, 0.3) is 0 Å². The third-order valence-corrected chi connectivity index (χ3v) is 3.10. The minimum absolute atomic E-state index is 0.0182. The van der Waals surface area contributed by atoms with Crippen molar-refractivity contribution in [1.29, 1.82) is 0 Å². The molecule has 0 aliphatic rings. The van der Waals surface area contributed by atoms with Gasteiger partial charge >= 0.3 is 0 Å². The molecule has 6 heteroatoms. The molecule has 0 heterocycles. The molecule has 116 valence electrons. The number of anilines is 1. The van der Waals surface area contributed by atoms with Crippen molar-refractivity contribution in [3.63, 3.8) is 0 Å². The zero-order valence-electron chi connectivity index (χ0n) is 12.5. The SMILES string of the molecule is COc1ccc(C(=O)Nc2ccccc2O)c(OC)c1OC.